The fourth-order valence-electron chi connectivity index (χ4n) is 2.72. The molecule has 0 bridgehead atoms. The summed E-state index contributed by atoms with van der Waals surface area (Å²) in [6.45, 7) is 10.4. The minimum atomic E-state index is -0.211. The number of rotatable bonds is 6. The molecule has 0 aliphatic heterocycles. The highest BCUT2D eigenvalue weighted by molar-refractivity contribution is 5.92. The van der Waals surface area contributed by atoms with Crippen molar-refractivity contribution in [1.82, 2.24) is 15.1 Å². The molecule has 22 heavy (non-hydrogen) atoms. The molecule has 1 amide bonds. The van der Waals surface area contributed by atoms with E-state index < -0.39 is 0 Å². The third-order valence-corrected chi connectivity index (χ3v) is 3.91. The average molecular weight is 307 g/mol. The topological polar surface area (TPSA) is 67.2 Å². The third kappa shape index (κ3) is 4.09. The van der Waals surface area contributed by atoms with Crippen LogP contribution in [0.4, 0.5) is 0 Å². The van der Waals surface area contributed by atoms with E-state index in [1.807, 2.05) is 10.7 Å². The molecule has 0 saturated heterocycles. The number of aliphatic hydroxyl groups excluding tert-OH is 1. The zero-order chi connectivity index (χ0) is 16.5. The van der Waals surface area contributed by atoms with Gasteiger partial charge < -0.3 is 10.4 Å². The number of aliphatic hydroxyl groups is 1. The maximum absolute atomic E-state index is 12.4. The Hall–Kier alpha value is -1.36. The van der Waals surface area contributed by atoms with Crippen LogP contribution in [0.25, 0.3) is 0 Å². The Labute approximate surface area is 133 Å². The van der Waals surface area contributed by atoms with Crippen LogP contribution >= 0.6 is 0 Å². The molecular weight excluding hydrogens is 278 g/mol. The summed E-state index contributed by atoms with van der Waals surface area (Å²) < 4.78 is 1.98. The number of amides is 1. The van der Waals surface area contributed by atoms with E-state index in [4.69, 9.17) is 0 Å². The van der Waals surface area contributed by atoms with Gasteiger partial charge in [0.15, 0.2) is 0 Å². The molecule has 0 aromatic carbocycles. The predicted molar refractivity (Wildman–Crippen MR) is 87.0 cm³/mol. The van der Waals surface area contributed by atoms with Crippen LogP contribution in [0, 0.1) is 5.92 Å². The molecule has 1 aromatic rings. The zero-order valence-electron chi connectivity index (χ0n) is 14.4. The lowest BCUT2D eigenvalue weighted by Gasteiger charge is -2.22. The van der Waals surface area contributed by atoms with E-state index in [9.17, 15) is 9.90 Å². The third-order valence-electron chi connectivity index (χ3n) is 3.91. The second kappa shape index (κ2) is 6.41. The number of carbonyl (C=O) groups excluding carboxylic acids is 1. The Morgan fingerprint density at radius 3 is 2.55 bits per heavy atom. The highest BCUT2D eigenvalue weighted by Gasteiger charge is 2.32. The first kappa shape index (κ1) is 17.0. The monoisotopic (exact) mass is 307 g/mol. The van der Waals surface area contributed by atoms with Gasteiger partial charge >= 0.3 is 0 Å². The molecule has 124 valence electrons. The standard InChI is InChI=1S/C17H29N3O2/c1-11(2)8-13(10-21)18-16(22)14-9-15(12-6-7-12)20(19-14)17(3,4)5/h9,11-13,21H,6-8,10H2,1-5H3,(H,18,22). The summed E-state index contributed by atoms with van der Waals surface area (Å²) in [6, 6.07) is 1.71. The molecule has 1 aliphatic rings. The van der Waals surface area contributed by atoms with Crippen LogP contribution in [0.3, 0.4) is 0 Å². The van der Waals surface area contributed by atoms with E-state index in [1.54, 1.807) is 0 Å². The van der Waals surface area contributed by atoms with Crippen LogP contribution in [0.1, 0.15) is 76.0 Å². The van der Waals surface area contributed by atoms with E-state index in [-0.39, 0.29) is 24.1 Å². The van der Waals surface area contributed by atoms with Crippen molar-refractivity contribution in [3.8, 4) is 0 Å². The molecular formula is C17H29N3O2. The van der Waals surface area contributed by atoms with Crippen LogP contribution in [0.5, 0.6) is 0 Å². The van der Waals surface area contributed by atoms with Crippen molar-refractivity contribution in [3.05, 3.63) is 17.5 Å². The van der Waals surface area contributed by atoms with E-state index in [0.717, 1.165) is 12.1 Å². The molecule has 5 heteroatoms. The molecule has 1 atom stereocenters. The van der Waals surface area contributed by atoms with Gasteiger partial charge in [-0.2, -0.15) is 5.10 Å². The van der Waals surface area contributed by atoms with Gasteiger partial charge in [-0.25, -0.2) is 0 Å². The first-order chi connectivity index (χ1) is 10.2. The summed E-state index contributed by atoms with van der Waals surface area (Å²) in [5.41, 5.74) is 1.48. The molecule has 1 heterocycles. The number of carbonyl (C=O) groups is 1. The zero-order valence-corrected chi connectivity index (χ0v) is 14.4. The molecule has 2 rings (SSSR count). The summed E-state index contributed by atoms with van der Waals surface area (Å²) in [5.74, 6) is 0.772. The highest BCUT2D eigenvalue weighted by atomic mass is 16.3. The maximum Gasteiger partial charge on any atom is 0.272 e. The number of hydrogen-bond donors (Lipinski definition) is 2. The van der Waals surface area contributed by atoms with Crippen molar-refractivity contribution >= 4 is 5.91 Å². The molecule has 2 N–H and O–H groups in total. The van der Waals surface area contributed by atoms with Gasteiger partial charge in [0.2, 0.25) is 0 Å². The predicted octanol–water partition coefficient (Wildman–Crippen LogP) is 2.65. The minimum absolute atomic E-state index is 0.0423. The first-order valence-corrected chi connectivity index (χ1v) is 8.24. The van der Waals surface area contributed by atoms with Crippen LogP contribution in [-0.2, 0) is 5.54 Å². The van der Waals surface area contributed by atoms with Crippen molar-refractivity contribution in [2.45, 2.75) is 71.4 Å². The van der Waals surface area contributed by atoms with Gasteiger partial charge in [-0.15, -0.1) is 0 Å². The summed E-state index contributed by atoms with van der Waals surface area (Å²) in [5, 5.41) is 16.9. The maximum atomic E-state index is 12.4. The second-order valence-corrected chi connectivity index (χ2v) is 7.79. The van der Waals surface area contributed by atoms with Gasteiger partial charge in [0.1, 0.15) is 5.69 Å². The molecule has 5 nitrogen and oxygen atoms in total. The lowest BCUT2D eigenvalue weighted by molar-refractivity contribution is 0.0901. The Balaban J connectivity index is 2.16. The van der Waals surface area contributed by atoms with Gasteiger partial charge in [0, 0.05) is 11.6 Å². The van der Waals surface area contributed by atoms with E-state index in [2.05, 4.69) is 45.0 Å². The van der Waals surface area contributed by atoms with Crippen molar-refractivity contribution < 1.29 is 9.90 Å². The number of hydrogen-bond acceptors (Lipinski definition) is 3. The molecule has 1 saturated carbocycles. The highest BCUT2D eigenvalue weighted by Crippen LogP contribution is 2.41. The molecule has 1 fully saturated rings. The van der Waals surface area contributed by atoms with Crippen molar-refractivity contribution in [2.75, 3.05) is 6.61 Å². The molecule has 0 radical (unpaired) electrons. The normalized spacial score (nSPS) is 16.9. The van der Waals surface area contributed by atoms with Gasteiger partial charge in [-0.3, -0.25) is 9.48 Å². The molecule has 0 spiro atoms. The fraction of sp³-hybridized carbons (Fsp3) is 0.765. The first-order valence-electron chi connectivity index (χ1n) is 8.24. The Morgan fingerprint density at radius 2 is 2.09 bits per heavy atom. The number of nitrogens with zero attached hydrogens (tertiary/aromatic N) is 2. The Kier molecular flexibility index (Phi) is 4.95. The summed E-state index contributed by atoms with van der Waals surface area (Å²) in [6.07, 6.45) is 3.11. The van der Waals surface area contributed by atoms with Crippen molar-refractivity contribution in [3.63, 3.8) is 0 Å². The summed E-state index contributed by atoms with van der Waals surface area (Å²) >= 11 is 0. The van der Waals surface area contributed by atoms with Gasteiger partial charge in [-0.05, 0) is 52.0 Å². The van der Waals surface area contributed by atoms with Crippen molar-refractivity contribution in [2.24, 2.45) is 5.92 Å². The van der Waals surface area contributed by atoms with Crippen LogP contribution in [0.2, 0.25) is 0 Å². The summed E-state index contributed by atoms with van der Waals surface area (Å²) in [7, 11) is 0. The van der Waals surface area contributed by atoms with E-state index in [0.29, 0.717) is 17.5 Å². The largest absolute Gasteiger partial charge is 0.394 e. The van der Waals surface area contributed by atoms with E-state index >= 15 is 0 Å². The number of aromatic nitrogens is 2. The van der Waals surface area contributed by atoms with Gasteiger partial charge in [0.25, 0.3) is 5.91 Å². The average Bonchev–Trinajstić information content (AvgIpc) is 3.14. The molecule has 1 aromatic heterocycles. The fourth-order valence-corrected chi connectivity index (χ4v) is 2.72. The van der Waals surface area contributed by atoms with Crippen molar-refractivity contribution in [1.29, 1.82) is 0 Å². The quantitative estimate of drug-likeness (QED) is 0.849. The smallest absolute Gasteiger partial charge is 0.272 e. The van der Waals surface area contributed by atoms with E-state index in [1.165, 1.54) is 12.8 Å². The van der Waals surface area contributed by atoms with Crippen LogP contribution in [-0.4, -0.2) is 33.4 Å². The van der Waals surface area contributed by atoms with Gasteiger partial charge in [-0.1, -0.05) is 13.8 Å². The lowest BCUT2D eigenvalue weighted by atomic mass is 10.0. The molecule has 1 aliphatic carbocycles. The SMILES string of the molecule is CC(C)CC(CO)NC(=O)c1cc(C2CC2)n(C(C)(C)C)n1. The van der Waals surface area contributed by atoms with Crippen LogP contribution in [0.15, 0.2) is 6.07 Å². The Bertz CT molecular complexity index is 524. The molecule has 1 unspecified atom stereocenters. The van der Waals surface area contributed by atoms with Crippen LogP contribution < -0.4 is 5.32 Å². The van der Waals surface area contributed by atoms with Gasteiger partial charge in [0.05, 0.1) is 18.2 Å². The Morgan fingerprint density at radius 1 is 1.45 bits per heavy atom. The second-order valence-electron chi connectivity index (χ2n) is 7.79. The lowest BCUT2D eigenvalue weighted by Crippen LogP contribution is -2.38. The number of nitrogens with one attached hydrogen (secondary N) is 1. The summed E-state index contributed by atoms with van der Waals surface area (Å²) in [4.78, 5) is 12.4. The minimum Gasteiger partial charge on any atom is -0.394 e.